The lowest BCUT2D eigenvalue weighted by molar-refractivity contribution is -0.127. The fourth-order valence-corrected chi connectivity index (χ4v) is 2.29. The Morgan fingerprint density at radius 2 is 2.08 bits per heavy atom. The number of nitriles is 1. The van der Waals surface area contributed by atoms with Gasteiger partial charge in [0.1, 0.15) is 11.8 Å². The van der Waals surface area contributed by atoms with Crippen LogP contribution in [0, 0.1) is 11.3 Å². The quantitative estimate of drug-likeness (QED) is 0.913. The number of carbonyl (C=O) groups excluding carboxylic acids is 1. The lowest BCUT2D eigenvalue weighted by Gasteiger charge is -2.15. The van der Waals surface area contributed by atoms with E-state index < -0.39 is 6.10 Å². The molecule has 0 bridgehead atoms. The van der Waals surface area contributed by atoms with E-state index in [-0.39, 0.29) is 12.7 Å². The van der Waals surface area contributed by atoms with Crippen LogP contribution in [0.4, 0.5) is 0 Å². The number of rotatable bonds is 5. The summed E-state index contributed by atoms with van der Waals surface area (Å²) >= 11 is 0. The van der Waals surface area contributed by atoms with E-state index in [9.17, 15) is 4.79 Å². The predicted octanol–water partition coefficient (Wildman–Crippen LogP) is 2.37. The average Bonchev–Trinajstić information content (AvgIpc) is 3.07. The summed E-state index contributed by atoms with van der Waals surface area (Å²) in [6.07, 6.45) is -0.714. The zero-order valence-corrected chi connectivity index (χ0v) is 13.1. The van der Waals surface area contributed by atoms with Gasteiger partial charge in [0, 0.05) is 6.54 Å². The molecular formula is C18H16N2O4. The summed E-state index contributed by atoms with van der Waals surface area (Å²) < 4.78 is 16.1. The zero-order chi connectivity index (χ0) is 16.9. The summed E-state index contributed by atoms with van der Waals surface area (Å²) in [6.45, 7) is 2.21. The number of hydrogen-bond acceptors (Lipinski definition) is 5. The largest absolute Gasteiger partial charge is 0.480 e. The second kappa shape index (κ2) is 6.92. The summed E-state index contributed by atoms with van der Waals surface area (Å²) in [6, 6.07) is 14.4. The second-order valence-electron chi connectivity index (χ2n) is 5.27. The van der Waals surface area contributed by atoms with E-state index in [1.165, 1.54) is 0 Å². The maximum absolute atomic E-state index is 12.2. The molecule has 1 unspecified atom stereocenters. The standard InChI is InChI=1S/C18H16N2O4/c1-12(24-15-5-3-2-4-14(15)9-19)18(21)20-10-13-6-7-16-17(8-13)23-11-22-16/h2-8,12H,10-11H2,1H3,(H,20,21). The van der Waals surface area contributed by atoms with Gasteiger partial charge in [-0.2, -0.15) is 5.26 Å². The van der Waals surface area contributed by atoms with Crippen LogP contribution in [0.1, 0.15) is 18.1 Å². The molecule has 0 aromatic heterocycles. The number of carbonyl (C=O) groups is 1. The fraction of sp³-hybridized carbons (Fsp3) is 0.222. The summed E-state index contributed by atoms with van der Waals surface area (Å²) in [4.78, 5) is 12.2. The number of hydrogen-bond donors (Lipinski definition) is 1. The Bertz CT molecular complexity index is 798. The number of amides is 1. The molecule has 0 fully saturated rings. The molecule has 1 heterocycles. The van der Waals surface area contributed by atoms with Gasteiger partial charge in [-0.25, -0.2) is 0 Å². The van der Waals surface area contributed by atoms with Crippen molar-refractivity contribution in [1.29, 1.82) is 5.26 Å². The van der Waals surface area contributed by atoms with Crippen LogP contribution in [-0.2, 0) is 11.3 Å². The minimum Gasteiger partial charge on any atom is -0.480 e. The molecule has 24 heavy (non-hydrogen) atoms. The molecule has 0 aliphatic carbocycles. The van der Waals surface area contributed by atoms with Gasteiger partial charge in [0.2, 0.25) is 6.79 Å². The average molecular weight is 324 g/mol. The minimum absolute atomic E-state index is 0.217. The SMILES string of the molecule is CC(Oc1ccccc1C#N)C(=O)NCc1ccc2c(c1)OCO2. The number of benzene rings is 2. The van der Waals surface area contributed by atoms with Gasteiger partial charge in [-0.05, 0) is 36.8 Å². The van der Waals surface area contributed by atoms with Gasteiger partial charge in [0.25, 0.3) is 5.91 Å². The van der Waals surface area contributed by atoms with Gasteiger partial charge >= 0.3 is 0 Å². The van der Waals surface area contributed by atoms with Crippen LogP contribution in [0.5, 0.6) is 17.2 Å². The van der Waals surface area contributed by atoms with Crippen molar-refractivity contribution in [2.24, 2.45) is 0 Å². The summed E-state index contributed by atoms with van der Waals surface area (Å²) in [5.41, 5.74) is 1.30. The van der Waals surface area contributed by atoms with E-state index in [1.54, 1.807) is 31.2 Å². The van der Waals surface area contributed by atoms with Crippen molar-refractivity contribution >= 4 is 5.91 Å². The Morgan fingerprint density at radius 1 is 1.29 bits per heavy atom. The molecule has 0 radical (unpaired) electrons. The first-order valence-electron chi connectivity index (χ1n) is 7.49. The minimum atomic E-state index is -0.714. The van der Waals surface area contributed by atoms with Crippen molar-refractivity contribution in [3.63, 3.8) is 0 Å². The van der Waals surface area contributed by atoms with Gasteiger partial charge in [-0.3, -0.25) is 4.79 Å². The van der Waals surface area contributed by atoms with E-state index in [2.05, 4.69) is 5.32 Å². The molecule has 1 N–H and O–H groups in total. The van der Waals surface area contributed by atoms with Crippen molar-refractivity contribution in [2.45, 2.75) is 19.6 Å². The third-order valence-electron chi connectivity index (χ3n) is 3.58. The maximum atomic E-state index is 12.2. The van der Waals surface area contributed by atoms with Crippen LogP contribution < -0.4 is 19.5 Å². The molecule has 2 aromatic carbocycles. The summed E-state index contributed by atoms with van der Waals surface area (Å²) in [5.74, 6) is 1.51. The number of fused-ring (bicyclic) bond motifs is 1. The predicted molar refractivity (Wildman–Crippen MR) is 85.7 cm³/mol. The number of nitrogens with one attached hydrogen (secondary N) is 1. The first-order valence-corrected chi connectivity index (χ1v) is 7.49. The highest BCUT2D eigenvalue weighted by molar-refractivity contribution is 5.80. The van der Waals surface area contributed by atoms with Crippen LogP contribution in [0.25, 0.3) is 0 Å². The van der Waals surface area contributed by atoms with Crippen LogP contribution in [0.3, 0.4) is 0 Å². The lowest BCUT2D eigenvalue weighted by Crippen LogP contribution is -2.36. The Labute approximate surface area is 139 Å². The Morgan fingerprint density at radius 3 is 2.92 bits per heavy atom. The van der Waals surface area contributed by atoms with Crippen molar-refractivity contribution in [3.05, 3.63) is 53.6 Å². The highest BCUT2D eigenvalue weighted by Crippen LogP contribution is 2.32. The molecule has 0 spiro atoms. The zero-order valence-electron chi connectivity index (χ0n) is 13.1. The third kappa shape index (κ3) is 3.41. The number of para-hydroxylation sites is 1. The normalized spacial score (nSPS) is 13.0. The molecule has 1 aliphatic heterocycles. The lowest BCUT2D eigenvalue weighted by atomic mass is 10.2. The van der Waals surface area contributed by atoms with Gasteiger partial charge in [0.05, 0.1) is 5.56 Å². The van der Waals surface area contributed by atoms with Gasteiger partial charge in [-0.1, -0.05) is 18.2 Å². The summed E-state index contributed by atoms with van der Waals surface area (Å²) in [5, 5.41) is 11.9. The monoisotopic (exact) mass is 324 g/mol. The maximum Gasteiger partial charge on any atom is 0.261 e. The molecule has 3 rings (SSSR count). The van der Waals surface area contributed by atoms with E-state index in [0.717, 1.165) is 5.56 Å². The van der Waals surface area contributed by atoms with E-state index >= 15 is 0 Å². The highest BCUT2D eigenvalue weighted by atomic mass is 16.7. The number of nitrogens with zero attached hydrogens (tertiary/aromatic N) is 1. The molecular weight excluding hydrogens is 308 g/mol. The number of ether oxygens (including phenoxy) is 3. The molecule has 1 atom stereocenters. The molecule has 0 saturated heterocycles. The van der Waals surface area contributed by atoms with Crippen molar-refractivity contribution in [2.75, 3.05) is 6.79 Å². The van der Waals surface area contributed by atoms with E-state index in [1.807, 2.05) is 24.3 Å². The Kier molecular flexibility index (Phi) is 4.52. The first-order chi connectivity index (χ1) is 11.7. The van der Waals surface area contributed by atoms with Gasteiger partial charge < -0.3 is 19.5 Å². The van der Waals surface area contributed by atoms with Crippen LogP contribution in [0.2, 0.25) is 0 Å². The van der Waals surface area contributed by atoms with Gasteiger partial charge in [-0.15, -0.1) is 0 Å². The molecule has 1 aliphatic rings. The summed E-state index contributed by atoms with van der Waals surface area (Å²) in [7, 11) is 0. The Balaban J connectivity index is 1.57. The highest BCUT2D eigenvalue weighted by Gasteiger charge is 2.17. The van der Waals surface area contributed by atoms with Crippen LogP contribution in [0.15, 0.2) is 42.5 Å². The first kappa shape index (κ1) is 15.7. The fourth-order valence-electron chi connectivity index (χ4n) is 2.29. The molecule has 2 aromatic rings. The van der Waals surface area contributed by atoms with E-state index in [4.69, 9.17) is 19.5 Å². The molecule has 6 nitrogen and oxygen atoms in total. The van der Waals surface area contributed by atoms with Crippen LogP contribution >= 0.6 is 0 Å². The third-order valence-corrected chi connectivity index (χ3v) is 3.58. The Hall–Kier alpha value is -3.20. The van der Waals surface area contributed by atoms with Crippen LogP contribution in [-0.4, -0.2) is 18.8 Å². The molecule has 6 heteroatoms. The molecule has 0 saturated carbocycles. The topological polar surface area (TPSA) is 80.6 Å². The van der Waals surface area contributed by atoms with Crippen molar-refractivity contribution < 1.29 is 19.0 Å². The van der Waals surface area contributed by atoms with Gasteiger partial charge in [0.15, 0.2) is 17.6 Å². The molecule has 1 amide bonds. The van der Waals surface area contributed by atoms with E-state index in [0.29, 0.717) is 29.4 Å². The second-order valence-corrected chi connectivity index (χ2v) is 5.27. The smallest absolute Gasteiger partial charge is 0.261 e. The molecule has 122 valence electrons. The van der Waals surface area contributed by atoms with Crippen molar-refractivity contribution in [3.8, 4) is 23.3 Å². The van der Waals surface area contributed by atoms with Crippen molar-refractivity contribution in [1.82, 2.24) is 5.32 Å².